The highest BCUT2D eigenvalue weighted by molar-refractivity contribution is 7.89. The van der Waals surface area contributed by atoms with Gasteiger partial charge in [0.2, 0.25) is 10.0 Å². The third-order valence-electron chi connectivity index (χ3n) is 7.45. The summed E-state index contributed by atoms with van der Waals surface area (Å²) in [5, 5.41) is 11.0. The Bertz CT molecular complexity index is 1440. The second-order valence-corrected chi connectivity index (χ2v) is 14.4. The highest BCUT2D eigenvalue weighted by atomic mass is 32.2. The minimum Gasteiger partial charge on any atom is -0.491 e. The van der Waals surface area contributed by atoms with E-state index in [-0.39, 0.29) is 35.9 Å². The molecule has 50 heavy (non-hydrogen) atoms. The van der Waals surface area contributed by atoms with Gasteiger partial charge in [0.25, 0.3) is 5.91 Å². The molecule has 2 aromatic carbocycles. The lowest BCUT2D eigenvalue weighted by atomic mass is 9.90. The number of ether oxygens (including phenoxy) is 6. The molecule has 1 saturated heterocycles. The minimum absolute atomic E-state index is 0.0216. The molecule has 0 atom stereocenters. The van der Waals surface area contributed by atoms with Crippen molar-refractivity contribution in [2.24, 2.45) is 0 Å². The predicted octanol–water partition coefficient (Wildman–Crippen LogP) is 3.25. The maximum atomic E-state index is 13.3. The fourth-order valence-corrected chi connectivity index (χ4v) is 6.43. The van der Waals surface area contributed by atoms with Gasteiger partial charge < -0.3 is 38.8 Å². The van der Waals surface area contributed by atoms with E-state index in [0.29, 0.717) is 78.8 Å². The van der Waals surface area contributed by atoms with Crippen LogP contribution in [0.2, 0.25) is 0 Å². The molecule has 0 bridgehead atoms. The number of hydrogen-bond acceptors (Lipinski definition) is 11. The molecule has 0 radical (unpaired) electrons. The van der Waals surface area contributed by atoms with Crippen molar-refractivity contribution in [2.45, 2.75) is 56.4 Å². The van der Waals surface area contributed by atoms with E-state index in [1.807, 2.05) is 24.3 Å². The fourth-order valence-electron chi connectivity index (χ4n) is 4.96. The van der Waals surface area contributed by atoms with E-state index in [1.54, 1.807) is 20.8 Å². The first-order valence-electron chi connectivity index (χ1n) is 16.7. The third-order valence-corrected chi connectivity index (χ3v) is 9.36. The van der Waals surface area contributed by atoms with Crippen molar-refractivity contribution in [3.63, 3.8) is 0 Å². The van der Waals surface area contributed by atoms with Crippen LogP contribution < -0.4 is 10.1 Å². The molecule has 3 rings (SSSR count). The zero-order chi connectivity index (χ0) is 36.4. The van der Waals surface area contributed by atoms with Gasteiger partial charge in [-0.1, -0.05) is 12.1 Å². The number of nitrogens with one attached hydrogen (secondary N) is 1. The van der Waals surface area contributed by atoms with Crippen molar-refractivity contribution < 1.29 is 56.3 Å². The molecule has 1 aliphatic heterocycles. The standard InChI is InChI=1S/C35H50N2O12S/c1-35(2,3)49-33(40)26-36-34(41)29-6-10-31(11-7-29)50(42,43)37-15-12-28(13-16-37)27-4-8-30(9-5-27)48-25-24-47-23-22-46-21-20-45-19-18-44-17-14-32(38)39/h4-11,28H,12-26H2,1-3H3,(H,36,41)(H,38,39). The van der Waals surface area contributed by atoms with Crippen LogP contribution in [-0.2, 0) is 43.3 Å². The van der Waals surface area contributed by atoms with Gasteiger partial charge in [-0.3, -0.25) is 14.4 Å². The SMILES string of the molecule is CC(C)(C)OC(=O)CNC(=O)c1ccc(S(=O)(=O)N2CCC(c3ccc(OCCOCCOCCOCCOCCC(=O)O)cc3)CC2)cc1. The Morgan fingerprint density at radius 1 is 0.780 bits per heavy atom. The smallest absolute Gasteiger partial charge is 0.325 e. The van der Waals surface area contributed by atoms with Crippen LogP contribution in [0.15, 0.2) is 53.4 Å². The Hall–Kier alpha value is -3.60. The number of carboxylic acid groups (broad SMARTS) is 1. The number of nitrogens with zero attached hydrogens (tertiary/aromatic N) is 1. The molecule has 1 fully saturated rings. The molecular formula is C35H50N2O12S. The number of sulfonamides is 1. The lowest BCUT2D eigenvalue weighted by molar-refractivity contribution is -0.153. The largest absolute Gasteiger partial charge is 0.491 e. The van der Waals surface area contributed by atoms with Gasteiger partial charge in [-0.2, -0.15) is 4.31 Å². The number of hydrogen-bond donors (Lipinski definition) is 2. The quantitative estimate of drug-likeness (QED) is 0.134. The van der Waals surface area contributed by atoms with Crippen molar-refractivity contribution >= 4 is 27.9 Å². The number of carboxylic acids is 1. The first kappa shape index (κ1) is 40.8. The monoisotopic (exact) mass is 722 g/mol. The summed E-state index contributed by atoms with van der Waals surface area (Å²) in [4.78, 5) is 34.8. The third kappa shape index (κ3) is 15.1. The normalized spacial score (nSPS) is 14.3. The Morgan fingerprint density at radius 3 is 1.82 bits per heavy atom. The average Bonchev–Trinajstić information content (AvgIpc) is 3.08. The van der Waals surface area contributed by atoms with Crippen LogP contribution in [0.4, 0.5) is 0 Å². The fraction of sp³-hybridized carbons (Fsp3) is 0.571. The van der Waals surface area contributed by atoms with Gasteiger partial charge in [-0.15, -0.1) is 0 Å². The van der Waals surface area contributed by atoms with E-state index in [4.69, 9.17) is 33.5 Å². The van der Waals surface area contributed by atoms with E-state index in [9.17, 15) is 22.8 Å². The van der Waals surface area contributed by atoms with Gasteiger partial charge in [-0.05, 0) is 81.5 Å². The zero-order valence-corrected chi connectivity index (χ0v) is 29.9. The van der Waals surface area contributed by atoms with Gasteiger partial charge in [-0.25, -0.2) is 8.42 Å². The summed E-state index contributed by atoms with van der Waals surface area (Å²) >= 11 is 0. The Balaban J connectivity index is 1.28. The van der Waals surface area contributed by atoms with Crippen LogP contribution in [0.1, 0.15) is 61.9 Å². The van der Waals surface area contributed by atoms with Crippen molar-refractivity contribution in [3.8, 4) is 5.75 Å². The number of carbonyl (C=O) groups is 3. The first-order valence-corrected chi connectivity index (χ1v) is 18.1. The summed E-state index contributed by atoms with van der Waals surface area (Å²) in [5.74, 6) is -1.01. The minimum atomic E-state index is -3.73. The zero-order valence-electron chi connectivity index (χ0n) is 29.1. The number of rotatable bonds is 22. The molecule has 0 spiro atoms. The molecule has 2 aromatic rings. The van der Waals surface area contributed by atoms with E-state index in [2.05, 4.69) is 5.32 Å². The van der Waals surface area contributed by atoms with Gasteiger partial charge in [0.15, 0.2) is 0 Å². The molecule has 278 valence electrons. The van der Waals surface area contributed by atoms with Crippen molar-refractivity contribution in [3.05, 3.63) is 59.7 Å². The van der Waals surface area contributed by atoms with Crippen molar-refractivity contribution in [1.29, 1.82) is 0 Å². The Morgan fingerprint density at radius 2 is 1.30 bits per heavy atom. The predicted molar refractivity (Wildman–Crippen MR) is 183 cm³/mol. The van der Waals surface area contributed by atoms with E-state index < -0.39 is 33.5 Å². The molecule has 1 amide bonds. The molecule has 1 heterocycles. The summed E-state index contributed by atoms with van der Waals surface area (Å²) in [6.07, 6.45) is 1.33. The molecule has 15 heteroatoms. The van der Waals surface area contributed by atoms with Crippen LogP contribution in [0.25, 0.3) is 0 Å². The van der Waals surface area contributed by atoms with Gasteiger partial charge in [0, 0.05) is 18.7 Å². The van der Waals surface area contributed by atoms with Crippen LogP contribution in [0.3, 0.4) is 0 Å². The number of amides is 1. The number of benzene rings is 2. The highest BCUT2D eigenvalue weighted by Gasteiger charge is 2.30. The highest BCUT2D eigenvalue weighted by Crippen LogP contribution is 2.31. The maximum absolute atomic E-state index is 13.3. The summed E-state index contributed by atoms with van der Waals surface area (Å²) < 4.78 is 60.5. The summed E-state index contributed by atoms with van der Waals surface area (Å²) in [7, 11) is -3.73. The van der Waals surface area contributed by atoms with Crippen LogP contribution in [0.5, 0.6) is 5.75 Å². The van der Waals surface area contributed by atoms with Crippen molar-refractivity contribution in [1.82, 2.24) is 9.62 Å². The molecule has 1 aliphatic rings. The van der Waals surface area contributed by atoms with Gasteiger partial charge in [0.05, 0.1) is 64.2 Å². The summed E-state index contributed by atoms with van der Waals surface area (Å²) in [6.45, 7) is 9.06. The van der Waals surface area contributed by atoms with Gasteiger partial charge in [0.1, 0.15) is 24.5 Å². The first-order chi connectivity index (χ1) is 23.8. The molecule has 0 aromatic heterocycles. The molecule has 2 N–H and O–H groups in total. The van der Waals surface area contributed by atoms with E-state index in [1.165, 1.54) is 28.6 Å². The Kier molecular flexibility index (Phi) is 17.1. The lowest BCUT2D eigenvalue weighted by Crippen LogP contribution is -2.38. The van der Waals surface area contributed by atoms with Crippen LogP contribution in [-0.4, -0.2) is 120 Å². The topological polar surface area (TPSA) is 176 Å². The second kappa shape index (κ2) is 20.9. The Labute approximate surface area is 294 Å². The van der Waals surface area contributed by atoms with Crippen molar-refractivity contribution in [2.75, 3.05) is 79.1 Å². The molecule has 0 aliphatic carbocycles. The van der Waals surface area contributed by atoms with E-state index >= 15 is 0 Å². The van der Waals surface area contributed by atoms with E-state index in [0.717, 1.165) is 11.3 Å². The van der Waals surface area contributed by atoms with Crippen LogP contribution >= 0.6 is 0 Å². The number of piperidine rings is 1. The number of carbonyl (C=O) groups excluding carboxylic acids is 2. The molecule has 0 saturated carbocycles. The lowest BCUT2D eigenvalue weighted by Gasteiger charge is -2.31. The average molecular weight is 723 g/mol. The summed E-state index contributed by atoms with van der Waals surface area (Å²) in [6, 6.07) is 13.5. The number of esters is 1. The second-order valence-electron chi connectivity index (χ2n) is 12.5. The maximum Gasteiger partial charge on any atom is 0.325 e. The van der Waals surface area contributed by atoms with Gasteiger partial charge >= 0.3 is 11.9 Å². The summed E-state index contributed by atoms with van der Waals surface area (Å²) in [5.41, 5.74) is 0.706. The van der Waals surface area contributed by atoms with Crippen LogP contribution in [0, 0.1) is 0 Å². The number of aliphatic carboxylic acids is 1. The molecule has 14 nitrogen and oxygen atoms in total. The molecule has 0 unspecified atom stereocenters. The molecular weight excluding hydrogens is 672 g/mol.